The zero-order chi connectivity index (χ0) is 19.8. The van der Waals surface area contributed by atoms with Crippen molar-refractivity contribution in [2.75, 3.05) is 26.2 Å². The van der Waals surface area contributed by atoms with Crippen molar-refractivity contribution in [3.63, 3.8) is 0 Å². The Bertz CT molecular complexity index is 876. The third-order valence-corrected chi connectivity index (χ3v) is 5.75. The van der Waals surface area contributed by atoms with Crippen LogP contribution in [0.1, 0.15) is 12.5 Å². The Hall–Kier alpha value is -2.58. The number of benzene rings is 2. The summed E-state index contributed by atoms with van der Waals surface area (Å²) in [5.74, 6) is 1.57. The van der Waals surface area contributed by atoms with E-state index in [-0.39, 0.29) is 17.5 Å². The van der Waals surface area contributed by atoms with Crippen LogP contribution in [-0.4, -0.2) is 46.7 Å². The normalized spacial score (nSPS) is 16.3. The fourth-order valence-corrected chi connectivity index (χ4v) is 3.99. The van der Waals surface area contributed by atoms with Gasteiger partial charge in [-0.3, -0.25) is 0 Å². The van der Waals surface area contributed by atoms with Crippen molar-refractivity contribution in [2.45, 2.75) is 24.3 Å². The maximum absolute atomic E-state index is 12.2. The van der Waals surface area contributed by atoms with E-state index in [0.717, 1.165) is 12.2 Å². The molecule has 8 heteroatoms. The first-order chi connectivity index (χ1) is 13.6. The van der Waals surface area contributed by atoms with Crippen LogP contribution in [0.4, 0.5) is 0 Å². The van der Waals surface area contributed by atoms with Gasteiger partial charge in [-0.1, -0.05) is 36.4 Å². The fourth-order valence-electron chi connectivity index (χ4n) is 2.94. The first-order valence-electron chi connectivity index (χ1n) is 9.40. The second-order valence-corrected chi connectivity index (χ2v) is 8.18. The van der Waals surface area contributed by atoms with E-state index in [9.17, 15) is 8.42 Å². The van der Waals surface area contributed by atoms with Crippen molar-refractivity contribution >= 4 is 16.0 Å². The number of nitrogens with zero attached hydrogens (tertiary/aromatic N) is 1. The Morgan fingerprint density at radius 3 is 2.57 bits per heavy atom. The number of sulfonamides is 1. The van der Waals surface area contributed by atoms with E-state index in [0.29, 0.717) is 25.6 Å². The molecule has 1 atom stereocenters. The van der Waals surface area contributed by atoms with Crippen LogP contribution in [0.2, 0.25) is 0 Å². The van der Waals surface area contributed by atoms with Gasteiger partial charge >= 0.3 is 0 Å². The highest BCUT2D eigenvalue weighted by Gasteiger charge is 2.21. The summed E-state index contributed by atoms with van der Waals surface area (Å²) in [4.78, 5) is 4.82. The van der Waals surface area contributed by atoms with Gasteiger partial charge in [0.15, 0.2) is 5.96 Å². The molecular weight excluding hydrogens is 376 g/mol. The van der Waals surface area contributed by atoms with E-state index in [1.165, 1.54) is 5.56 Å². The predicted molar refractivity (Wildman–Crippen MR) is 110 cm³/mol. The monoisotopic (exact) mass is 402 g/mol. The molecule has 28 heavy (non-hydrogen) atoms. The minimum absolute atomic E-state index is 0.0180. The topological polar surface area (TPSA) is 91.8 Å². The minimum atomic E-state index is -3.50. The van der Waals surface area contributed by atoms with Crippen molar-refractivity contribution in [2.24, 2.45) is 4.99 Å². The number of rotatable bonds is 8. The number of hydrogen-bond acceptors (Lipinski definition) is 4. The second-order valence-electron chi connectivity index (χ2n) is 6.41. The number of hydrogen-bond donors (Lipinski definition) is 3. The summed E-state index contributed by atoms with van der Waals surface area (Å²) < 4.78 is 32.9. The van der Waals surface area contributed by atoms with Gasteiger partial charge in [0.25, 0.3) is 0 Å². The van der Waals surface area contributed by atoms with Crippen molar-refractivity contribution in [3.8, 4) is 5.75 Å². The zero-order valence-corrected chi connectivity index (χ0v) is 16.7. The van der Waals surface area contributed by atoms with Crippen LogP contribution in [-0.2, 0) is 16.4 Å². The molecule has 2 aromatic carbocycles. The molecular formula is C20H26N4O3S. The predicted octanol–water partition coefficient (Wildman–Crippen LogP) is 1.52. The molecule has 1 aliphatic rings. The minimum Gasteiger partial charge on any atom is -0.488 e. The Kier molecular flexibility index (Phi) is 6.89. The van der Waals surface area contributed by atoms with Crippen molar-refractivity contribution in [3.05, 3.63) is 60.2 Å². The number of fused-ring (bicyclic) bond motifs is 1. The standard InChI is InChI=1S/C20H26N4O3S/c1-2-21-20(23-15-17-14-16-8-6-7-11-19(16)27-17)22-12-13-24-28(25,26)18-9-4-3-5-10-18/h3-11,17,24H,2,12-15H2,1H3,(H2,21,22,23). The van der Waals surface area contributed by atoms with Gasteiger partial charge in [-0.05, 0) is 30.7 Å². The van der Waals surface area contributed by atoms with E-state index >= 15 is 0 Å². The lowest BCUT2D eigenvalue weighted by Gasteiger charge is -2.13. The smallest absolute Gasteiger partial charge is 0.240 e. The van der Waals surface area contributed by atoms with Crippen LogP contribution in [0.25, 0.3) is 0 Å². The maximum atomic E-state index is 12.2. The van der Waals surface area contributed by atoms with Gasteiger partial charge in [0.1, 0.15) is 11.9 Å². The summed E-state index contributed by atoms with van der Waals surface area (Å²) in [5.41, 5.74) is 1.20. The molecule has 0 fully saturated rings. The van der Waals surface area contributed by atoms with Gasteiger partial charge < -0.3 is 15.4 Å². The highest BCUT2D eigenvalue weighted by molar-refractivity contribution is 7.89. The molecule has 1 aliphatic heterocycles. The third kappa shape index (κ3) is 5.46. The highest BCUT2D eigenvalue weighted by Crippen LogP contribution is 2.28. The van der Waals surface area contributed by atoms with Crippen LogP contribution >= 0.6 is 0 Å². The molecule has 0 aliphatic carbocycles. The molecule has 150 valence electrons. The second kappa shape index (κ2) is 9.57. The Balaban J connectivity index is 1.46. The van der Waals surface area contributed by atoms with Gasteiger partial charge in [0, 0.05) is 26.1 Å². The van der Waals surface area contributed by atoms with Crippen LogP contribution < -0.4 is 20.1 Å². The molecule has 7 nitrogen and oxygen atoms in total. The summed E-state index contributed by atoms with van der Waals surface area (Å²) in [6.07, 6.45) is 0.861. The van der Waals surface area contributed by atoms with Gasteiger partial charge in [0.05, 0.1) is 11.4 Å². The van der Waals surface area contributed by atoms with Crippen molar-refractivity contribution in [1.29, 1.82) is 0 Å². The average Bonchev–Trinajstić information content (AvgIpc) is 3.13. The highest BCUT2D eigenvalue weighted by atomic mass is 32.2. The summed E-state index contributed by atoms with van der Waals surface area (Å²) in [6, 6.07) is 16.3. The van der Waals surface area contributed by atoms with E-state index in [1.54, 1.807) is 30.3 Å². The van der Waals surface area contributed by atoms with Crippen LogP contribution in [0.15, 0.2) is 64.5 Å². The van der Waals surface area contributed by atoms with Gasteiger partial charge in [0.2, 0.25) is 10.0 Å². The Morgan fingerprint density at radius 2 is 1.82 bits per heavy atom. The van der Waals surface area contributed by atoms with Crippen LogP contribution in [0.3, 0.4) is 0 Å². The molecule has 0 aromatic heterocycles. The molecule has 2 aromatic rings. The van der Waals surface area contributed by atoms with Gasteiger partial charge in [-0.15, -0.1) is 0 Å². The molecule has 0 saturated heterocycles. The largest absolute Gasteiger partial charge is 0.488 e. The summed E-state index contributed by atoms with van der Waals surface area (Å²) in [7, 11) is -3.50. The van der Waals surface area contributed by atoms with E-state index in [1.807, 2.05) is 25.1 Å². The summed E-state index contributed by atoms with van der Waals surface area (Å²) in [6.45, 7) is 3.90. The zero-order valence-electron chi connectivity index (χ0n) is 15.9. The maximum Gasteiger partial charge on any atom is 0.240 e. The van der Waals surface area contributed by atoms with Crippen LogP contribution in [0, 0.1) is 0 Å². The van der Waals surface area contributed by atoms with E-state index in [2.05, 4.69) is 26.4 Å². The molecule has 1 unspecified atom stereocenters. The molecule has 1 heterocycles. The molecule has 0 bridgehead atoms. The first kappa shape index (κ1) is 20.2. The number of nitrogens with one attached hydrogen (secondary N) is 3. The van der Waals surface area contributed by atoms with Gasteiger partial charge in [-0.2, -0.15) is 0 Å². The Labute approximate surface area is 166 Å². The quantitative estimate of drug-likeness (QED) is 0.354. The number of para-hydroxylation sites is 1. The van der Waals surface area contributed by atoms with Crippen LogP contribution in [0.5, 0.6) is 5.75 Å². The molecule has 3 N–H and O–H groups in total. The lowest BCUT2D eigenvalue weighted by molar-refractivity contribution is 0.241. The average molecular weight is 403 g/mol. The lowest BCUT2D eigenvalue weighted by atomic mass is 10.1. The first-order valence-corrected chi connectivity index (χ1v) is 10.9. The molecule has 0 amide bonds. The summed E-state index contributed by atoms with van der Waals surface area (Å²) >= 11 is 0. The molecule has 3 rings (SSSR count). The molecule has 0 radical (unpaired) electrons. The molecule has 0 saturated carbocycles. The number of ether oxygens (including phenoxy) is 1. The van der Waals surface area contributed by atoms with Crippen molar-refractivity contribution < 1.29 is 13.2 Å². The fraction of sp³-hybridized carbons (Fsp3) is 0.350. The number of aliphatic imine (C=N–C) groups is 1. The lowest BCUT2D eigenvalue weighted by Crippen LogP contribution is -2.42. The SMILES string of the molecule is CCNC(=NCC1Cc2ccccc2O1)NCCNS(=O)(=O)c1ccccc1. The summed E-state index contributed by atoms with van der Waals surface area (Å²) in [5, 5.41) is 6.31. The number of guanidine groups is 1. The Morgan fingerprint density at radius 1 is 1.07 bits per heavy atom. The molecule has 0 spiro atoms. The van der Waals surface area contributed by atoms with E-state index < -0.39 is 10.0 Å². The van der Waals surface area contributed by atoms with Gasteiger partial charge in [-0.25, -0.2) is 18.1 Å². The van der Waals surface area contributed by atoms with Crippen molar-refractivity contribution in [1.82, 2.24) is 15.4 Å². The van der Waals surface area contributed by atoms with E-state index in [4.69, 9.17) is 4.74 Å². The third-order valence-electron chi connectivity index (χ3n) is 4.27.